The molecule has 0 N–H and O–H groups in total. The molecule has 0 spiro atoms. The van der Waals surface area contributed by atoms with Gasteiger partial charge in [0.25, 0.3) is 11.8 Å². The molecular weight excluding hydrogens is 557 g/mol. The third-order valence-corrected chi connectivity index (χ3v) is 10.1. The topological polar surface area (TPSA) is 40.6 Å². The Balaban J connectivity index is 1.52. The zero-order valence-electron chi connectivity index (χ0n) is 22.0. The van der Waals surface area contributed by atoms with Crippen LogP contribution in [0.3, 0.4) is 0 Å². The summed E-state index contributed by atoms with van der Waals surface area (Å²) in [5.74, 6) is 0.0168. The summed E-state index contributed by atoms with van der Waals surface area (Å²) < 4.78 is 1.30. The molecule has 0 aromatic carbocycles. The van der Waals surface area contributed by atoms with Crippen LogP contribution in [-0.4, -0.2) is 43.3 Å². The number of amides is 2. The Morgan fingerprint density at radius 2 is 1.03 bits per heavy atom. The van der Waals surface area contributed by atoms with Crippen molar-refractivity contribution in [1.29, 1.82) is 0 Å². The van der Waals surface area contributed by atoms with Crippen LogP contribution >= 0.6 is 59.3 Å². The minimum Gasteiger partial charge on any atom is -0.293 e. The Bertz CT molecular complexity index is 951. The monoisotopic (exact) mass is 594 g/mol. The Labute approximate surface area is 245 Å². The molecular formula is C28H38N2O2S5. The van der Waals surface area contributed by atoms with E-state index in [1.165, 1.54) is 74.9 Å². The van der Waals surface area contributed by atoms with Crippen LogP contribution in [0.15, 0.2) is 21.9 Å². The van der Waals surface area contributed by atoms with Gasteiger partial charge in [-0.1, -0.05) is 126 Å². The lowest BCUT2D eigenvalue weighted by Crippen LogP contribution is -2.29. The van der Waals surface area contributed by atoms with Gasteiger partial charge in [-0.25, -0.2) is 0 Å². The Morgan fingerprint density at radius 1 is 0.649 bits per heavy atom. The highest BCUT2D eigenvalue weighted by Crippen LogP contribution is 2.36. The first-order valence-electron chi connectivity index (χ1n) is 13.5. The highest BCUT2D eigenvalue weighted by atomic mass is 32.2. The molecule has 3 rings (SSSR count). The number of thioether (sulfide) groups is 2. The Kier molecular flexibility index (Phi) is 13.4. The van der Waals surface area contributed by atoms with Gasteiger partial charge >= 0.3 is 0 Å². The predicted molar refractivity (Wildman–Crippen MR) is 171 cm³/mol. The molecule has 202 valence electrons. The van der Waals surface area contributed by atoms with Gasteiger partial charge in [0.05, 0.1) is 9.81 Å². The number of rotatable bonds is 16. The predicted octanol–water partition coefficient (Wildman–Crippen LogP) is 8.87. The maximum absolute atomic E-state index is 12.9. The maximum atomic E-state index is 12.9. The van der Waals surface area contributed by atoms with Crippen LogP contribution in [0.2, 0.25) is 0 Å². The third-order valence-electron chi connectivity index (χ3n) is 6.41. The number of hydrogen-bond acceptors (Lipinski definition) is 7. The Hall–Kier alpha value is -1.000. The zero-order valence-corrected chi connectivity index (χ0v) is 26.0. The molecule has 37 heavy (non-hydrogen) atoms. The first-order valence-corrected chi connectivity index (χ1v) is 16.8. The van der Waals surface area contributed by atoms with Gasteiger partial charge in [0.1, 0.15) is 8.64 Å². The fraction of sp³-hybridized carbons (Fsp3) is 0.571. The molecule has 2 aliphatic rings. The second kappa shape index (κ2) is 16.2. The van der Waals surface area contributed by atoms with Crippen LogP contribution < -0.4 is 0 Å². The fourth-order valence-corrected chi connectivity index (χ4v) is 7.91. The van der Waals surface area contributed by atoms with Crippen molar-refractivity contribution in [2.24, 2.45) is 0 Å². The minimum absolute atomic E-state index is 0.00840. The summed E-state index contributed by atoms with van der Waals surface area (Å²) in [5.41, 5.74) is 0. The summed E-state index contributed by atoms with van der Waals surface area (Å²) in [6, 6.07) is 3.99. The van der Waals surface area contributed by atoms with Gasteiger partial charge in [-0.05, 0) is 37.1 Å². The van der Waals surface area contributed by atoms with Crippen molar-refractivity contribution in [3.63, 3.8) is 0 Å². The molecule has 0 atom stereocenters. The lowest BCUT2D eigenvalue weighted by Gasteiger charge is -2.13. The van der Waals surface area contributed by atoms with Crippen molar-refractivity contribution in [2.75, 3.05) is 13.1 Å². The van der Waals surface area contributed by atoms with Gasteiger partial charge in [-0.3, -0.25) is 19.4 Å². The number of carbonyl (C=O) groups is 2. The smallest absolute Gasteiger partial charge is 0.266 e. The second-order valence-corrected chi connectivity index (χ2v) is 13.9. The van der Waals surface area contributed by atoms with E-state index in [9.17, 15) is 9.59 Å². The molecule has 0 unspecified atom stereocenters. The molecule has 2 fully saturated rings. The maximum Gasteiger partial charge on any atom is 0.266 e. The van der Waals surface area contributed by atoms with Gasteiger partial charge in [0.2, 0.25) is 0 Å². The largest absolute Gasteiger partial charge is 0.293 e. The molecule has 2 saturated heterocycles. The quantitative estimate of drug-likeness (QED) is 0.108. The summed E-state index contributed by atoms with van der Waals surface area (Å²) in [5, 5.41) is 0. The summed E-state index contributed by atoms with van der Waals surface area (Å²) >= 11 is 15.3. The van der Waals surface area contributed by atoms with E-state index in [2.05, 4.69) is 13.8 Å². The first-order chi connectivity index (χ1) is 17.9. The van der Waals surface area contributed by atoms with Crippen LogP contribution in [0.1, 0.15) is 101 Å². The lowest BCUT2D eigenvalue weighted by molar-refractivity contribution is -0.123. The number of nitrogens with zero attached hydrogens (tertiary/aromatic N) is 2. The molecule has 0 aliphatic carbocycles. The van der Waals surface area contributed by atoms with Gasteiger partial charge in [0.15, 0.2) is 0 Å². The van der Waals surface area contributed by atoms with Crippen molar-refractivity contribution >= 4 is 91.9 Å². The summed E-state index contributed by atoms with van der Waals surface area (Å²) in [4.78, 5) is 32.6. The van der Waals surface area contributed by atoms with E-state index in [1.807, 2.05) is 24.3 Å². The standard InChI is InChI=1S/C28H38N2O2S5/c1-3-5-7-9-11-13-17-29-25(31)23(36-27(29)33)19-21-15-16-22(35-21)20-24-26(32)30(28(34)37-24)18-14-12-10-8-6-4-2/h15-16,19-20H,3-14,17-18H2,1-2H3/b23-19-,24-20-. The highest BCUT2D eigenvalue weighted by Gasteiger charge is 2.32. The van der Waals surface area contributed by atoms with Gasteiger partial charge in [-0.2, -0.15) is 0 Å². The van der Waals surface area contributed by atoms with Crippen molar-refractivity contribution < 1.29 is 9.59 Å². The zero-order chi connectivity index (χ0) is 26.6. The number of carbonyl (C=O) groups excluding carboxylic acids is 2. The Morgan fingerprint density at radius 3 is 1.43 bits per heavy atom. The number of unbranched alkanes of at least 4 members (excludes halogenated alkanes) is 10. The van der Waals surface area contributed by atoms with Gasteiger partial charge < -0.3 is 0 Å². The SMILES string of the molecule is CCCCCCCCN1C(=O)/C(=C/c2ccc(/C=C3\SC(=S)N(CCCCCCCC)C3=O)s2)SC1=S. The van der Waals surface area contributed by atoms with Crippen molar-refractivity contribution in [3.05, 3.63) is 31.7 Å². The fourth-order valence-electron chi connectivity index (χ4n) is 4.27. The molecule has 0 bridgehead atoms. The number of thiophene rings is 1. The molecule has 4 nitrogen and oxygen atoms in total. The van der Waals surface area contributed by atoms with E-state index in [4.69, 9.17) is 24.4 Å². The molecule has 9 heteroatoms. The van der Waals surface area contributed by atoms with Gasteiger partial charge in [0, 0.05) is 22.8 Å². The number of thiocarbonyl (C=S) groups is 2. The van der Waals surface area contributed by atoms with Crippen molar-refractivity contribution in [1.82, 2.24) is 9.80 Å². The summed E-state index contributed by atoms with van der Waals surface area (Å²) in [6.07, 6.45) is 18.1. The van der Waals surface area contributed by atoms with E-state index in [0.717, 1.165) is 35.4 Å². The molecule has 2 aliphatic heterocycles. The van der Waals surface area contributed by atoms with Crippen LogP contribution in [0.4, 0.5) is 0 Å². The third kappa shape index (κ3) is 9.31. The summed E-state index contributed by atoms with van der Waals surface area (Å²) in [7, 11) is 0. The second-order valence-electron chi connectivity index (χ2n) is 9.44. The lowest BCUT2D eigenvalue weighted by atomic mass is 10.1. The van der Waals surface area contributed by atoms with E-state index in [-0.39, 0.29) is 11.8 Å². The molecule has 1 aromatic heterocycles. The van der Waals surface area contributed by atoms with E-state index >= 15 is 0 Å². The molecule has 1 aromatic rings. The van der Waals surface area contributed by atoms with Crippen molar-refractivity contribution in [3.8, 4) is 0 Å². The van der Waals surface area contributed by atoms with E-state index in [0.29, 0.717) is 31.5 Å². The van der Waals surface area contributed by atoms with Gasteiger partial charge in [-0.15, -0.1) is 11.3 Å². The van der Waals surface area contributed by atoms with Crippen LogP contribution in [-0.2, 0) is 9.59 Å². The van der Waals surface area contributed by atoms with E-state index in [1.54, 1.807) is 21.1 Å². The number of hydrogen-bond donors (Lipinski definition) is 0. The highest BCUT2D eigenvalue weighted by molar-refractivity contribution is 8.27. The van der Waals surface area contributed by atoms with Crippen LogP contribution in [0.5, 0.6) is 0 Å². The van der Waals surface area contributed by atoms with Crippen LogP contribution in [0, 0.1) is 0 Å². The molecule has 3 heterocycles. The van der Waals surface area contributed by atoms with Crippen LogP contribution in [0.25, 0.3) is 12.2 Å². The first kappa shape index (κ1) is 30.5. The minimum atomic E-state index is 0.00840. The summed E-state index contributed by atoms with van der Waals surface area (Å²) in [6.45, 7) is 5.83. The normalized spacial score (nSPS) is 18.4. The molecule has 2 amide bonds. The molecule has 0 radical (unpaired) electrons. The molecule has 0 saturated carbocycles. The van der Waals surface area contributed by atoms with E-state index < -0.39 is 0 Å². The average Bonchev–Trinajstić information content (AvgIpc) is 3.51. The van der Waals surface area contributed by atoms with Crippen molar-refractivity contribution in [2.45, 2.75) is 90.9 Å². The average molecular weight is 595 g/mol.